The third-order valence-electron chi connectivity index (χ3n) is 4.53. The summed E-state index contributed by atoms with van der Waals surface area (Å²) in [5.74, 6) is -1.95. The van der Waals surface area contributed by atoms with Gasteiger partial charge in [-0.2, -0.15) is 5.10 Å². The van der Waals surface area contributed by atoms with Crippen LogP contribution in [0.3, 0.4) is 0 Å². The topological polar surface area (TPSA) is 118 Å². The molecule has 0 heterocycles. The summed E-state index contributed by atoms with van der Waals surface area (Å²) >= 11 is 27.1. The second kappa shape index (κ2) is 13.7. The molecule has 0 fully saturated rings. The maximum absolute atomic E-state index is 12.3. The Hall–Kier alpha value is -3.02. The molecule has 0 unspecified atom stereocenters. The SMILES string of the molecule is COc1cc(/C=N\NC(=O)C(=O)Nc2cccc(Cl)c2Cl)cc(Br)c1OCC(=O)Nc1cc(Cl)cc(Cl)c1. The van der Waals surface area contributed by atoms with E-state index in [1.54, 1.807) is 42.5 Å². The first-order valence-corrected chi connectivity index (χ1v) is 12.7. The molecule has 3 amide bonds. The van der Waals surface area contributed by atoms with Crippen LogP contribution < -0.4 is 25.5 Å². The summed E-state index contributed by atoms with van der Waals surface area (Å²) in [6.07, 6.45) is 1.28. The number of nitrogens with zero attached hydrogens (tertiary/aromatic N) is 1. The van der Waals surface area contributed by atoms with Crippen LogP contribution in [0.15, 0.2) is 58.1 Å². The second-order valence-corrected chi connectivity index (χ2v) is 9.80. The van der Waals surface area contributed by atoms with Crippen molar-refractivity contribution in [1.82, 2.24) is 5.43 Å². The van der Waals surface area contributed by atoms with Crippen LogP contribution in [0.25, 0.3) is 0 Å². The number of hydrogen-bond acceptors (Lipinski definition) is 6. The summed E-state index contributed by atoms with van der Waals surface area (Å²) in [5.41, 5.74) is 3.19. The summed E-state index contributed by atoms with van der Waals surface area (Å²) in [4.78, 5) is 36.5. The van der Waals surface area contributed by atoms with Crippen molar-refractivity contribution in [3.8, 4) is 11.5 Å². The van der Waals surface area contributed by atoms with Crippen molar-refractivity contribution in [1.29, 1.82) is 0 Å². The molecule has 3 N–H and O–H groups in total. The molecule has 0 saturated carbocycles. The highest BCUT2D eigenvalue weighted by Crippen LogP contribution is 2.36. The number of methoxy groups -OCH3 is 1. The molecule has 0 radical (unpaired) electrons. The molecule has 0 aliphatic carbocycles. The fourth-order valence-electron chi connectivity index (χ4n) is 2.91. The van der Waals surface area contributed by atoms with Crippen molar-refractivity contribution in [2.24, 2.45) is 5.10 Å². The number of amides is 3. The van der Waals surface area contributed by atoms with Gasteiger partial charge in [-0.05, 0) is 64.0 Å². The average molecular weight is 663 g/mol. The molecule has 3 rings (SSSR count). The lowest BCUT2D eigenvalue weighted by molar-refractivity contribution is -0.136. The van der Waals surface area contributed by atoms with Gasteiger partial charge >= 0.3 is 11.8 Å². The standard InChI is InChI=1S/C24H17BrCl4N4O5/c1-37-19-6-12(10-30-33-24(36)23(35)32-18-4-2-3-17(28)21(18)29)5-16(25)22(19)38-11-20(34)31-15-8-13(26)7-14(27)9-15/h2-10H,11H2,1H3,(H,31,34)(H,32,35)(H,33,36)/b30-10-. The summed E-state index contributed by atoms with van der Waals surface area (Å²) in [7, 11) is 1.41. The summed E-state index contributed by atoms with van der Waals surface area (Å²) in [6, 6.07) is 12.4. The van der Waals surface area contributed by atoms with Gasteiger partial charge in [0.2, 0.25) is 0 Å². The van der Waals surface area contributed by atoms with Crippen LogP contribution >= 0.6 is 62.3 Å². The quantitative estimate of drug-likeness (QED) is 0.151. The molecule has 0 atom stereocenters. The lowest BCUT2D eigenvalue weighted by Gasteiger charge is -2.13. The van der Waals surface area contributed by atoms with Crippen molar-refractivity contribution in [3.63, 3.8) is 0 Å². The van der Waals surface area contributed by atoms with E-state index in [2.05, 4.69) is 37.1 Å². The van der Waals surface area contributed by atoms with E-state index in [0.717, 1.165) is 0 Å². The van der Waals surface area contributed by atoms with E-state index in [4.69, 9.17) is 55.9 Å². The predicted octanol–water partition coefficient (Wildman–Crippen LogP) is 6.18. The number of ether oxygens (including phenoxy) is 2. The Morgan fingerprint density at radius 2 is 1.68 bits per heavy atom. The number of halogens is 5. The summed E-state index contributed by atoms with van der Waals surface area (Å²) in [6.45, 7) is -0.339. The number of anilines is 2. The molecule has 3 aromatic rings. The minimum atomic E-state index is -1.03. The van der Waals surface area contributed by atoms with E-state index in [1.165, 1.54) is 19.4 Å². The maximum Gasteiger partial charge on any atom is 0.329 e. The Kier molecular flexibility index (Phi) is 10.6. The fraction of sp³-hybridized carbons (Fsp3) is 0.0833. The molecule has 38 heavy (non-hydrogen) atoms. The Bertz CT molecular complexity index is 1400. The number of hydrazone groups is 1. The summed E-state index contributed by atoms with van der Waals surface area (Å²) < 4.78 is 11.4. The van der Waals surface area contributed by atoms with Gasteiger partial charge in [-0.3, -0.25) is 14.4 Å². The Morgan fingerprint density at radius 3 is 2.37 bits per heavy atom. The van der Waals surface area contributed by atoms with Gasteiger partial charge in [0.15, 0.2) is 18.1 Å². The van der Waals surface area contributed by atoms with Crippen LogP contribution in [0, 0.1) is 0 Å². The first-order chi connectivity index (χ1) is 18.1. The smallest absolute Gasteiger partial charge is 0.329 e. The van der Waals surface area contributed by atoms with Gasteiger partial charge in [0, 0.05) is 15.7 Å². The molecule has 0 aromatic heterocycles. The number of rotatable bonds is 8. The lowest BCUT2D eigenvalue weighted by Crippen LogP contribution is -2.32. The van der Waals surface area contributed by atoms with E-state index >= 15 is 0 Å². The molecule has 9 nitrogen and oxygen atoms in total. The van der Waals surface area contributed by atoms with E-state index in [-0.39, 0.29) is 33.8 Å². The number of carbonyl (C=O) groups is 3. The third kappa shape index (κ3) is 8.24. The molecule has 0 spiro atoms. The molecule has 14 heteroatoms. The molecule has 0 aliphatic rings. The first kappa shape index (κ1) is 29.5. The van der Waals surface area contributed by atoms with Gasteiger partial charge in [-0.15, -0.1) is 0 Å². The average Bonchev–Trinajstić information content (AvgIpc) is 2.85. The van der Waals surface area contributed by atoms with Crippen LogP contribution in [0.5, 0.6) is 11.5 Å². The van der Waals surface area contributed by atoms with E-state index in [9.17, 15) is 14.4 Å². The van der Waals surface area contributed by atoms with Crippen molar-refractivity contribution in [3.05, 3.63) is 78.7 Å². The first-order valence-electron chi connectivity index (χ1n) is 10.4. The number of nitrogens with one attached hydrogen (secondary N) is 3. The van der Waals surface area contributed by atoms with Gasteiger partial charge in [0.05, 0.1) is 33.5 Å². The van der Waals surface area contributed by atoms with Crippen LogP contribution in [0.2, 0.25) is 20.1 Å². The number of carbonyl (C=O) groups excluding carboxylic acids is 3. The van der Waals surface area contributed by atoms with Crippen LogP contribution in [0.4, 0.5) is 11.4 Å². The third-order valence-corrected chi connectivity index (χ3v) is 6.38. The normalized spacial score (nSPS) is 10.7. The van der Waals surface area contributed by atoms with E-state index in [0.29, 0.717) is 25.8 Å². The maximum atomic E-state index is 12.3. The van der Waals surface area contributed by atoms with Crippen molar-refractivity contribution in [2.75, 3.05) is 24.4 Å². The molecule has 0 aliphatic heterocycles. The highest BCUT2D eigenvalue weighted by molar-refractivity contribution is 9.10. The highest BCUT2D eigenvalue weighted by Gasteiger charge is 2.16. The van der Waals surface area contributed by atoms with E-state index in [1.807, 2.05) is 0 Å². The molecule has 3 aromatic carbocycles. The minimum absolute atomic E-state index is 0.101. The van der Waals surface area contributed by atoms with Gasteiger partial charge < -0.3 is 20.1 Å². The second-order valence-electron chi connectivity index (χ2n) is 7.28. The predicted molar refractivity (Wildman–Crippen MR) is 152 cm³/mol. The number of hydrogen-bond donors (Lipinski definition) is 3. The van der Waals surface area contributed by atoms with E-state index < -0.39 is 17.7 Å². The lowest BCUT2D eigenvalue weighted by atomic mass is 10.2. The monoisotopic (exact) mass is 660 g/mol. The largest absolute Gasteiger partial charge is 0.493 e. The van der Waals surface area contributed by atoms with Crippen molar-refractivity contribution >= 4 is 97.6 Å². The highest BCUT2D eigenvalue weighted by atomic mass is 79.9. The molecular formula is C24H17BrCl4N4O5. The number of benzene rings is 3. The van der Waals surface area contributed by atoms with Crippen LogP contribution in [-0.2, 0) is 14.4 Å². The molecular weight excluding hydrogens is 646 g/mol. The van der Waals surface area contributed by atoms with Gasteiger partial charge in [0.1, 0.15) is 0 Å². The van der Waals surface area contributed by atoms with Crippen molar-refractivity contribution in [2.45, 2.75) is 0 Å². The zero-order chi connectivity index (χ0) is 27.8. The van der Waals surface area contributed by atoms with Gasteiger partial charge in [0.25, 0.3) is 5.91 Å². The minimum Gasteiger partial charge on any atom is -0.493 e. The van der Waals surface area contributed by atoms with Gasteiger partial charge in [-0.1, -0.05) is 52.5 Å². The van der Waals surface area contributed by atoms with Crippen molar-refractivity contribution < 1.29 is 23.9 Å². The van der Waals surface area contributed by atoms with Gasteiger partial charge in [-0.25, -0.2) is 5.43 Å². The summed E-state index contributed by atoms with van der Waals surface area (Å²) in [5, 5.41) is 9.83. The molecule has 0 saturated heterocycles. The molecule has 198 valence electrons. The molecule has 0 bridgehead atoms. The van der Waals surface area contributed by atoms with Crippen LogP contribution in [-0.4, -0.2) is 37.7 Å². The zero-order valence-electron chi connectivity index (χ0n) is 19.3. The Balaban J connectivity index is 1.60. The Morgan fingerprint density at radius 1 is 0.974 bits per heavy atom. The zero-order valence-corrected chi connectivity index (χ0v) is 23.9. The van der Waals surface area contributed by atoms with Crippen LogP contribution in [0.1, 0.15) is 5.56 Å². The Labute approximate surface area is 245 Å². The fourth-order valence-corrected chi connectivity index (χ4v) is 4.36.